The largest absolute Gasteiger partial charge is 0.354 e. The molecule has 1 amide bonds. The summed E-state index contributed by atoms with van der Waals surface area (Å²) in [6.07, 6.45) is 0. The van der Waals surface area contributed by atoms with Crippen LogP contribution in [0.5, 0.6) is 0 Å². The Kier molecular flexibility index (Phi) is 7.10. The van der Waals surface area contributed by atoms with Crippen molar-refractivity contribution in [2.24, 2.45) is 0 Å². The van der Waals surface area contributed by atoms with Crippen LogP contribution in [0, 0.1) is 6.92 Å². The molecule has 0 fully saturated rings. The third-order valence-corrected chi connectivity index (χ3v) is 4.12. The van der Waals surface area contributed by atoms with Gasteiger partial charge in [0.15, 0.2) is 0 Å². The monoisotopic (exact) mass is 294 g/mol. The Bertz CT molecular complexity index is 415. The molecule has 0 aliphatic carbocycles. The Labute approximate surface area is 127 Å². The van der Waals surface area contributed by atoms with Crippen molar-refractivity contribution in [3.05, 3.63) is 35.4 Å². The van der Waals surface area contributed by atoms with Crippen LogP contribution in [0.2, 0.25) is 0 Å². The smallest absolute Gasteiger partial charge is 0.241 e. The molecule has 0 aliphatic rings. The van der Waals surface area contributed by atoms with Crippen molar-refractivity contribution in [2.75, 3.05) is 26.4 Å². The molecule has 1 N–H and O–H groups in total. The fourth-order valence-corrected chi connectivity index (χ4v) is 2.69. The summed E-state index contributed by atoms with van der Waals surface area (Å²) in [5, 5.41) is 3.64. The van der Waals surface area contributed by atoms with E-state index in [0.29, 0.717) is 5.25 Å². The Morgan fingerprint density at radius 1 is 1.25 bits per heavy atom. The van der Waals surface area contributed by atoms with Gasteiger partial charge in [-0.05, 0) is 31.8 Å². The van der Waals surface area contributed by atoms with E-state index in [0.717, 1.165) is 17.9 Å². The molecule has 0 aromatic heterocycles. The van der Waals surface area contributed by atoms with Crippen molar-refractivity contribution in [2.45, 2.75) is 32.1 Å². The predicted molar refractivity (Wildman–Crippen MR) is 88.2 cm³/mol. The Balaban J connectivity index is 2.62. The van der Waals surface area contributed by atoms with E-state index in [2.05, 4.69) is 26.1 Å². The first-order valence-corrected chi connectivity index (χ1v) is 8.09. The molecule has 1 atom stereocenters. The van der Waals surface area contributed by atoms with Crippen LogP contribution < -0.4 is 5.32 Å². The summed E-state index contributed by atoms with van der Waals surface area (Å²) in [5.41, 5.74) is 2.25. The van der Waals surface area contributed by atoms with Crippen LogP contribution in [0.4, 0.5) is 0 Å². The molecule has 3 nitrogen and oxygen atoms in total. The van der Waals surface area contributed by atoms with Gasteiger partial charge >= 0.3 is 0 Å². The molecular formula is C16H26N2OS. The van der Waals surface area contributed by atoms with Gasteiger partial charge in [0.2, 0.25) is 5.91 Å². The minimum Gasteiger partial charge on any atom is -0.354 e. The van der Waals surface area contributed by atoms with Gasteiger partial charge in [-0.15, -0.1) is 0 Å². The molecule has 1 aromatic rings. The van der Waals surface area contributed by atoms with Gasteiger partial charge in [-0.25, -0.2) is 0 Å². The number of aryl methyl sites for hydroxylation is 1. The number of carbonyl (C=O) groups is 1. The second-order valence-corrected chi connectivity index (χ2v) is 7.17. The Morgan fingerprint density at radius 2 is 1.85 bits per heavy atom. The van der Waals surface area contributed by atoms with Gasteiger partial charge < -0.3 is 5.32 Å². The van der Waals surface area contributed by atoms with Crippen molar-refractivity contribution in [3.63, 3.8) is 0 Å². The highest BCUT2D eigenvalue weighted by Gasteiger charge is 2.22. The zero-order valence-corrected chi connectivity index (χ0v) is 14.0. The first-order valence-electron chi connectivity index (χ1n) is 7.04. The average Bonchev–Trinajstić information content (AvgIpc) is 2.36. The number of amides is 1. The zero-order valence-electron chi connectivity index (χ0n) is 13.1. The lowest BCUT2D eigenvalue weighted by Gasteiger charge is -2.24. The van der Waals surface area contributed by atoms with Gasteiger partial charge in [-0.1, -0.05) is 43.7 Å². The topological polar surface area (TPSA) is 32.3 Å². The fourth-order valence-electron chi connectivity index (χ4n) is 2.00. The molecule has 0 saturated heterocycles. The molecular weight excluding hydrogens is 268 g/mol. The van der Waals surface area contributed by atoms with E-state index in [1.165, 1.54) is 5.56 Å². The van der Waals surface area contributed by atoms with E-state index in [1.54, 1.807) is 0 Å². The molecule has 20 heavy (non-hydrogen) atoms. The average molecular weight is 294 g/mol. The molecule has 112 valence electrons. The highest BCUT2D eigenvalue weighted by Crippen LogP contribution is 2.19. The SMILES string of the molecule is Cc1ccc([C@@H](C(=O)NCCSC(C)C)N(C)C)cc1. The second-order valence-electron chi connectivity index (χ2n) is 5.49. The molecule has 4 heteroatoms. The number of hydrogen-bond acceptors (Lipinski definition) is 3. The predicted octanol–water partition coefficient (Wildman–Crippen LogP) is 2.86. The number of thioether (sulfide) groups is 1. The van der Waals surface area contributed by atoms with Crippen LogP contribution >= 0.6 is 11.8 Å². The first kappa shape index (κ1) is 17.1. The van der Waals surface area contributed by atoms with Crippen molar-refractivity contribution < 1.29 is 4.79 Å². The lowest BCUT2D eigenvalue weighted by atomic mass is 10.0. The molecule has 0 heterocycles. The third-order valence-electron chi connectivity index (χ3n) is 3.01. The highest BCUT2D eigenvalue weighted by atomic mass is 32.2. The molecule has 0 bridgehead atoms. The lowest BCUT2D eigenvalue weighted by molar-refractivity contribution is -0.125. The maximum absolute atomic E-state index is 12.4. The molecule has 0 radical (unpaired) electrons. The van der Waals surface area contributed by atoms with E-state index < -0.39 is 0 Å². The minimum absolute atomic E-state index is 0.0724. The number of nitrogens with one attached hydrogen (secondary N) is 1. The highest BCUT2D eigenvalue weighted by molar-refractivity contribution is 7.99. The van der Waals surface area contributed by atoms with Crippen molar-refractivity contribution >= 4 is 17.7 Å². The van der Waals surface area contributed by atoms with Gasteiger partial charge in [-0.2, -0.15) is 11.8 Å². The number of likely N-dealkylation sites (N-methyl/N-ethyl adjacent to an activating group) is 1. The number of hydrogen-bond donors (Lipinski definition) is 1. The van der Waals surface area contributed by atoms with Crippen LogP contribution in [0.1, 0.15) is 31.0 Å². The standard InChI is InChI=1S/C16H26N2OS/c1-12(2)20-11-10-17-16(19)15(18(4)5)14-8-6-13(3)7-9-14/h6-9,12,15H,10-11H2,1-5H3,(H,17,19)/t15-/m0/s1. The van der Waals surface area contributed by atoms with Gasteiger partial charge in [0.05, 0.1) is 0 Å². The normalized spacial score (nSPS) is 12.8. The molecule has 0 unspecified atom stereocenters. The van der Waals surface area contributed by atoms with Crippen molar-refractivity contribution in [1.29, 1.82) is 0 Å². The number of nitrogens with zero attached hydrogens (tertiary/aromatic N) is 1. The van der Waals surface area contributed by atoms with E-state index in [1.807, 2.05) is 55.0 Å². The van der Waals surface area contributed by atoms with Crippen LogP contribution in [-0.4, -0.2) is 42.4 Å². The van der Waals surface area contributed by atoms with Crippen LogP contribution in [0.25, 0.3) is 0 Å². The van der Waals surface area contributed by atoms with Crippen LogP contribution in [0.3, 0.4) is 0 Å². The van der Waals surface area contributed by atoms with Crippen LogP contribution in [0.15, 0.2) is 24.3 Å². The van der Waals surface area contributed by atoms with E-state index in [4.69, 9.17) is 0 Å². The Hall–Kier alpha value is -1.00. The van der Waals surface area contributed by atoms with E-state index in [9.17, 15) is 4.79 Å². The molecule has 0 saturated carbocycles. The summed E-state index contributed by atoms with van der Waals surface area (Å²) in [6.45, 7) is 7.11. The summed E-state index contributed by atoms with van der Waals surface area (Å²) in [5.74, 6) is 1.03. The number of carbonyl (C=O) groups excluding carboxylic acids is 1. The summed E-state index contributed by atoms with van der Waals surface area (Å²) >= 11 is 1.86. The first-order chi connectivity index (χ1) is 9.41. The summed E-state index contributed by atoms with van der Waals surface area (Å²) < 4.78 is 0. The molecule has 0 aliphatic heterocycles. The third kappa shape index (κ3) is 5.55. The molecule has 1 rings (SSSR count). The van der Waals surface area contributed by atoms with Gasteiger partial charge in [0.1, 0.15) is 6.04 Å². The molecule has 1 aromatic carbocycles. The minimum atomic E-state index is -0.223. The van der Waals surface area contributed by atoms with Crippen LogP contribution in [-0.2, 0) is 4.79 Å². The van der Waals surface area contributed by atoms with Gasteiger partial charge in [0, 0.05) is 12.3 Å². The molecule has 0 spiro atoms. The van der Waals surface area contributed by atoms with E-state index >= 15 is 0 Å². The lowest BCUT2D eigenvalue weighted by Crippen LogP contribution is -2.38. The second kappa shape index (κ2) is 8.32. The zero-order chi connectivity index (χ0) is 15.1. The fraction of sp³-hybridized carbons (Fsp3) is 0.562. The summed E-state index contributed by atoms with van der Waals surface area (Å²) in [4.78, 5) is 14.3. The van der Waals surface area contributed by atoms with E-state index in [-0.39, 0.29) is 11.9 Å². The number of rotatable bonds is 7. The maximum atomic E-state index is 12.4. The van der Waals surface area contributed by atoms with Gasteiger partial charge in [0.25, 0.3) is 0 Å². The summed E-state index contributed by atoms with van der Waals surface area (Å²) in [7, 11) is 3.87. The quantitative estimate of drug-likeness (QED) is 0.785. The van der Waals surface area contributed by atoms with Crippen molar-refractivity contribution in [3.8, 4) is 0 Å². The number of benzene rings is 1. The van der Waals surface area contributed by atoms with Crippen molar-refractivity contribution in [1.82, 2.24) is 10.2 Å². The van der Waals surface area contributed by atoms with Gasteiger partial charge in [-0.3, -0.25) is 9.69 Å². The Morgan fingerprint density at radius 3 is 2.35 bits per heavy atom. The maximum Gasteiger partial charge on any atom is 0.241 e. The summed E-state index contributed by atoms with van der Waals surface area (Å²) in [6, 6.07) is 7.94.